The molecule has 1 aromatic heterocycles. The number of carbonyl (C=O) groups excluding carboxylic acids is 4. The van der Waals surface area contributed by atoms with Crippen LogP contribution in [0.25, 0.3) is 39.2 Å². The van der Waals surface area contributed by atoms with Crippen LogP contribution in [0.1, 0.15) is 155 Å². The van der Waals surface area contributed by atoms with E-state index in [1.807, 2.05) is 6.20 Å². The van der Waals surface area contributed by atoms with Crippen LogP contribution in [-0.4, -0.2) is 117 Å². The van der Waals surface area contributed by atoms with E-state index in [0.717, 1.165) is 112 Å². The average molecular weight is 1080 g/mol. The van der Waals surface area contributed by atoms with E-state index in [1.54, 1.807) is 9.80 Å². The molecule has 4 aromatic carbocycles. The number of carbonyl (C=O) groups is 4. The highest BCUT2D eigenvalue weighted by atomic mass is 16.5. The van der Waals surface area contributed by atoms with Gasteiger partial charge in [-0.3, -0.25) is 19.4 Å². The van der Waals surface area contributed by atoms with Gasteiger partial charge in [0.15, 0.2) is 0 Å². The van der Waals surface area contributed by atoms with Crippen molar-refractivity contribution in [2.45, 2.75) is 170 Å². The van der Waals surface area contributed by atoms with Crippen molar-refractivity contribution in [1.29, 1.82) is 0 Å². The fourth-order valence-electron chi connectivity index (χ4n) is 16.4. The molecule has 416 valence electrons. The lowest BCUT2D eigenvalue weighted by molar-refractivity contribution is -0.141. The second-order valence-corrected chi connectivity index (χ2v) is 25.0. The van der Waals surface area contributed by atoms with Crippen LogP contribution in [0.4, 0.5) is 9.59 Å². The van der Waals surface area contributed by atoms with Crippen LogP contribution in [0.5, 0.6) is 0 Å². The van der Waals surface area contributed by atoms with Crippen molar-refractivity contribution in [3.05, 3.63) is 131 Å². The van der Waals surface area contributed by atoms with Gasteiger partial charge in [0.25, 0.3) is 0 Å². The van der Waals surface area contributed by atoms with E-state index in [0.29, 0.717) is 49.6 Å². The van der Waals surface area contributed by atoms with Crippen LogP contribution in [0.15, 0.2) is 97.3 Å². The number of nitrogens with one attached hydrogen (secondary N) is 3. The summed E-state index contributed by atoms with van der Waals surface area (Å²) in [6, 6.07) is 31.6. The van der Waals surface area contributed by atoms with Crippen molar-refractivity contribution in [2.24, 2.45) is 11.8 Å². The van der Waals surface area contributed by atoms with E-state index in [1.165, 1.54) is 71.6 Å². The van der Waals surface area contributed by atoms with Crippen LogP contribution in [0, 0.1) is 11.8 Å². The Morgan fingerprint density at radius 1 is 0.613 bits per heavy atom. The zero-order chi connectivity index (χ0) is 54.4. The molecule has 12 aliphatic rings. The number of amides is 4. The molecule has 11 atom stereocenters. The summed E-state index contributed by atoms with van der Waals surface area (Å²) in [5.74, 6) is 2.69. The Labute approximate surface area is 470 Å². The van der Waals surface area contributed by atoms with Crippen molar-refractivity contribution in [3.8, 4) is 33.5 Å². The number of aryl methyl sites for hydroxylation is 2. The van der Waals surface area contributed by atoms with Gasteiger partial charge >= 0.3 is 12.2 Å². The number of ether oxygens (including phenoxy) is 2. The van der Waals surface area contributed by atoms with E-state index in [-0.39, 0.29) is 36.0 Å². The fourth-order valence-corrected chi connectivity index (χ4v) is 16.4. The Bertz CT molecular complexity index is 3260. The number of rotatable bonds is 8. The van der Waals surface area contributed by atoms with E-state index >= 15 is 0 Å². The molecule has 2 unspecified atom stereocenters. The molecule has 5 aromatic rings. The number of fused-ring (bicyclic) bond motifs is 2. The number of aromatic amines is 1. The van der Waals surface area contributed by atoms with Crippen molar-refractivity contribution < 1.29 is 28.7 Å². The van der Waals surface area contributed by atoms with Gasteiger partial charge < -0.3 is 34.9 Å². The van der Waals surface area contributed by atoms with Gasteiger partial charge in [-0.2, -0.15) is 0 Å². The largest absolute Gasteiger partial charge is 0.453 e. The van der Waals surface area contributed by atoms with E-state index < -0.39 is 29.9 Å². The minimum absolute atomic E-state index is 0.0363. The number of hydrogen-bond acceptors (Lipinski definition) is 9. The van der Waals surface area contributed by atoms with Gasteiger partial charge in [-0.25, -0.2) is 14.6 Å². The van der Waals surface area contributed by atoms with E-state index in [2.05, 4.69) is 123 Å². The lowest BCUT2D eigenvalue weighted by Gasteiger charge is -2.43. The standard InChI is InChI=1S/C66H76N8O6/c1-66(60-35-47-11-5-7-13-56(47)74(60)63(76)58-15-9-31-72(58)65(78)80-3)68-38-54(70-66)44-26-19-41(20-27-44)49-33-45-28-23-40(49)18-16-39-17-29-48(52-36-51(45)52)50(32-39)42-21-24-43(25-22-42)53-37-67-61(69-53)59-34-46-10-4-6-12-55(46)73(59)62(75)57-14-8-30-71(57)64(77)79-2/h17,19-29,32-33,37-38,46-47,51-52,55-60,68,70H,4-16,18,30-31,34-36H2,1-3H3,(H,67,69)/t46-,47-,51?,52+,55-,56-,57-,58-,59-,60-,66?/m0/s1. The lowest BCUT2D eigenvalue weighted by atomic mass is 9.84. The number of methoxy groups -OCH3 is 2. The third-order valence-corrected chi connectivity index (χ3v) is 20.6. The summed E-state index contributed by atoms with van der Waals surface area (Å²) < 4.78 is 10.2. The maximum absolute atomic E-state index is 14.6. The summed E-state index contributed by atoms with van der Waals surface area (Å²) in [5, 5.41) is 7.62. The maximum atomic E-state index is 14.6. The van der Waals surface area contributed by atoms with Gasteiger partial charge in [0.2, 0.25) is 11.8 Å². The highest BCUT2D eigenvalue weighted by Gasteiger charge is 2.55. The zero-order valence-corrected chi connectivity index (χ0v) is 46.6. The van der Waals surface area contributed by atoms with Crippen LogP contribution in [0.2, 0.25) is 0 Å². The Balaban J connectivity index is 0.668. The Kier molecular flexibility index (Phi) is 13.1. The number of H-pyrrole nitrogens is 1. The smallest absolute Gasteiger partial charge is 0.410 e. The highest BCUT2D eigenvalue weighted by Crippen LogP contribution is 2.58. The van der Waals surface area contributed by atoms with Crippen molar-refractivity contribution in [3.63, 3.8) is 0 Å². The average Bonchev–Trinajstić information content (AvgIpc) is 4.26. The SMILES string of the molecule is COC(=O)N1CCC[C@H]1C(=O)N1[C@H](C2(C)NC=C(c3ccc(-c4cc5ccc4CCc4ccc(c(-c6ccc(-c7cnc([C@@H]8C[C@@H]9CCCC[C@@H]9N8C(=O)[C@@H]8CCCN8C(=O)OC)[nH]7)cc6)c4)[C@H]4CC54)cc3)N2)C[C@@H]2CCCC[C@@H]21. The first-order valence-electron chi connectivity index (χ1n) is 30.2. The monoisotopic (exact) mass is 1080 g/mol. The molecule has 7 fully saturated rings. The molecule has 5 aliphatic heterocycles. The van der Waals surface area contributed by atoms with Gasteiger partial charge in [0.05, 0.1) is 43.9 Å². The lowest BCUT2D eigenvalue weighted by Crippen LogP contribution is -2.64. The van der Waals surface area contributed by atoms with Gasteiger partial charge in [-0.15, -0.1) is 0 Å². The minimum Gasteiger partial charge on any atom is -0.453 e. The second kappa shape index (κ2) is 20.5. The van der Waals surface area contributed by atoms with Crippen LogP contribution >= 0.6 is 0 Å². The van der Waals surface area contributed by atoms with Crippen LogP contribution < -0.4 is 10.6 Å². The summed E-state index contributed by atoms with van der Waals surface area (Å²) in [4.78, 5) is 70.8. The molecule has 80 heavy (non-hydrogen) atoms. The molecule has 7 aliphatic carbocycles. The molecular formula is C66H76N8O6. The molecule has 4 amide bonds. The molecule has 0 spiro atoms. The van der Waals surface area contributed by atoms with Crippen molar-refractivity contribution >= 4 is 29.7 Å². The predicted octanol–water partition coefficient (Wildman–Crippen LogP) is 11.4. The zero-order valence-electron chi connectivity index (χ0n) is 46.6. The van der Waals surface area contributed by atoms with E-state index in [9.17, 15) is 19.2 Å². The number of hydrogen-bond donors (Lipinski definition) is 3. The van der Waals surface area contributed by atoms with Crippen molar-refractivity contribution in [2.75, 3.05) is 27.3 Å². The Hall–Kier alpha value is -7.09. The Morgan fingerprint density at radius 3 is 1.94 bits per heavy atom. The summed E-state index contributed by atoms with van der Waals surface area (Å²) in [5.41, 5.74) is 14.1. The number of imidazole rings is 1. The molecular weight excluding hydrogens is 1000 g/mol. The van der Waals surface area contributed by atoms with Gasteiger partial charge in [-0.1, -0.05) is 111 Å². The molecule has 14 heteroatoms. The first-order valence-corrected chi connectivity index (χ1v) is 30.2. The normalized spacial score (nSPS) is 30.2. The van der Waals surface area contributed by atoms with E-state index in [4.69, 9.17) is 14.5 Å². The summed E-state index contributed by atoms with van der Waals surface area (Å²) in [7, 11) is 2.80. The summed E-state index contributed by atoms with van der Waals surface area (Å²) in [6.07, 6.45) is 19.8. The quantitative estimate of drug-likeness (QED) is 0.138. The molecule has 17 rings (SSSR count). The first-order chi connectivity index (χ1) is 39.0. The Morgan fingerprint density at radius 2 is 1.24 bits per heavy atom. The number of benzene rings is 4. The third kappa shape index (κ3) is 8.85. The van der Waals surface area contributed by atoms with Crippen LogP contribution in [-0.2, 0) is 31.9 Å². The molecule has 0 radical (unpaired) electrons. The fraction of sp³-hybridized carbons (Fsp3) is 0.500. The third-order valence-electron chi connectivity index (χ3n) is 20.6. The van der Waals surface area contributed by atoms with Gasteiger partial charge in [0.1, 0.15) is 23.6 Å². The second-order valence-electron chi connectivity index (χ2n) is 25.0. The van der Waals surface area contributed by atoms with Gasteiger partial charge in [-0.05, 0) is 170 Å². The number of likely N-dealkylation sites (tertiary alicyclic amines) is 4. The minimum atomic E-state index is -0.564. The number of nitrogens with zero attached hydrogens (tertiary/aromatic N) is 5. The first kappa shape index (κ1) is 51.1. The molecule has 4 saturated heterocycles. The molecule has 3 N–H and O–H groups in total. The summed E-state index contributed by atoms with van der Waals surface area (Å²) >= 11 is 0. The molecule has 4 bridgehead atoms. The predicted molar refractivity (Wildman–Crippen MR) is 307 cm³/mol. The highest BCUT2D eigenvalue weighted by molar-refractivity contribution is 5.88. The maximum Gasteiger partial charge on any atom is 0.410 e. The topological polar surface area (TPSA) is 152 Å². The van der Waals surface area contributed by atoms with Crippen LogP contribution in [0.3, 0.4) is 0 Å². The van der Waals surface area contributed by atoms with Gasteiger partial charge in [0, 0.05) is 31.4 Å². The molecule has 14 nitrogen and oxygen atoms in total. The number of aromatic nitrogens is 2. The van der Waals surface area contributed by atoms with Crippen molar-refractivity contribution in [1.82, 2.24) is 40.2 Å². The molecule has 6 heterocycles. The molecule has 3 saturated carbocycles. The summed E-state index contributed by atoms with van der Waals surface area (Å²) in [6.45, 7) is 3.30.